The molecule has 0 aliphatic carbocycles. The van der Waals surface area contributed by atoms with Crippen LogP contribution in [0.15, 0.2) is 36.4 Å². The molecule has 1 N–H and O–H groups in total. The molecule has 0 radical (unpaired) electrons. The van der Waals surface area contributed by atoms with Crippen LogP contribution in [0.4, 0.5) is 15.9 Å². The molecule has 112 valence electrons. The molecule has 3 rings (SSSR count). The molecule has 0 aliphatic heterocycles. The lowest BCUT2D eigenvalue weighted by atomic mass is 10.3. The van der Waals surface area contributed by atoms with Crippen molar-refractivity contribution in [3.05, 3.63) is 59.4 Å². The van der Waals surface area contributed by atoms with E-state index < -0.39 is 0 Å². The van der Waals surface area contributed by atoms with Gasteiger partial charge in [0.1, 0.15) is 17.5 Å². The first kappa shape index (κ1) is 14.2. The average Bonchev–Trinajstić information content (AvgIpc) is 2.77. The Balaban J connectivity index is 1.98. The van der Waals surface area contributed by atoms with Crippen molar-refractivity contribution in [1.82, 2.24) is 19.7 Å². The van der Waals surface area contributed by atoms with E-state index in [2.05, 4.69) is 20.4 Å². The van der Waals surface area contributed by atoms with Crippen molar-refractivity contribution in [2.45, 2.75) is 20.8 Å². The third kappa shape index (κ3) is 2.95. The maximum absolute atomic E-state index is 13.3. The summed E-state index contributed by atoms with van der Waals surface area (Å²) in [7, 11) is 0. The van der Waals surface area contributed by atoms with Crippen molar-refractivity contribution in [2.24, 2.45) is 0 Å². The molecule has 0 saturated heterocycles. The second kappa shape index (κ2) is 5.55. The molecule has 0 amide bonds. The number of nitrogens with one attached hydrogen (secondary N) is 1. The van der Waals surface area contributed by atoms with Crippen LogP contribution in [-0.2, 0) is 0 Å². The zero-order valence-corrected chi connectivity index (χ0v) is 12.6. The quantitative estimate of drug-likeness (QED) is 0.804. The van der Waals surface area contributed by atoms with Crippen molar-refractivity contribution < 1.29 is 4.39 Å². The molecule has 5 nitrogen and oxygen atoms in total. The maximum Gasteiger partial charge on any atom is 0.159 e. The fourth-order valence-corrected chi connectivity index (χ4v) is 2.30. The minimum atomic E-state index is -0.297. The molecular formula is C16H16FN5. The molecule has 2 heterocycles. The van der Waals surface area contributed by atoms with Gasteiger partial charge in [-0.1, -0.05) is 6.07 Å². The summed E-state index contributed by atoms with van der Waals surface area (Å²) in [6.45, 7) is 5.71. The van der Waals surface area contributed by atoms with Crippen molar-refractivity contribution in [3.63, 3.8) is 0 Å². The number of rotatable bonds is 3. The molecule has 0 spiro atoms. The molecule has 1 aromatic carbocycles. The molecule has 22 heavy (non-hydrogen) atoms. The van der Waals surface area contributed by atoms with Crippen LogP contribution in [0.5, 0.6) is 0 Å². The highest BCUT2D eigenvalue weighted by Crippen LogP contribution is 2.18. The van der Waals surface area contributed by atoms with Crippen LogP contribution in [0.2, 0.25) is 0 Å². The van der Waals surface area contributed by atoms with E-state index in [-0.39, 0.29) is 5.82 Å². The second-order valence-corrected chi connectivity index (χ2v) is 5.13. The summed E-state index contributed by atoms with van der Waals surface area (Å²) >= 11 is 0. The summed E-state index contributed by atoms with van der Waals surface area (Å²) in [5, 5.41) is 7.51. The normalized spacial score (nSPS) is 10.7. The van der Waals surface area contributed by atoms with Gasteiger partial charge in [0.15, 0.2) is 5.82 Å². The van der Waals surface area contributed by atoms with Crippen molar-refractivity contribution in [3.8, 4) is 5.82 Å². The Morgan fingerprint density at radius 3 is 2.55 bits per heavy atom. The molecule has 3 aromatic rings. The van der Waals surface area contributed by atoms with Gasteiger partial charge in [0.25, 0.3) is 0 Å². The van der Waals surface area contributed by atoms with E-state index in [1.54, 1.807) is 22.9 Å². The van der Waals surface area contributed by atoms with Crippen LogP contribution >= 0.6 is 0 Å². The Morgan fingerprint density at radius 2 is 1.86 bits per heavy atom. The first-order valence-corrected chi connectivity index (χ1v) is 6.93. The zero-order chi connectivity index (χ0) is 15.7. The predicted molar refractivity (Wildman–Crippen MR) is 83.0 cm³/mol. The lowest BCUT2D eigenvalue weighted by molar-refractivity contribution is 0.628. The molecular weight excluding hydrogens is 281 g/mol. The van der Waals surface area contributed by atoms with Gasteiger partial charge in [-0.25, -0.2) is 19.0 Å². The standard InChI is InChI=1S/C16H16FN5/c1-10-7-11(2)22(21-10)16-9-15(18-12(3)19-16)20-14-6-4-5-13(17)8-14/h4-9H,1-3H3,(H,18,19,20). The Bertz CT molecular complexity index is 825. The highest BCUT2D eigenvalue weighted by atomic mass is 19.1. The Morgan fingerprint density at radius 1 is 1.05 bits per heavy atom. The van der Waals surface area contributed by atoms with Gasteiger partial charge in [0, 0.05) is 17.4 Å². The highest BCUT2D eigenvalue weighted by Gasteiger charge is 2.08. The predicted octanol–water partition coefficient (Wildman–Crippen LogP) is 3.47. The Hall–Kier alpha value is -2.76. The van der Waals surface area contributed by atoms with Crippen LogP contribution in [-0.4, -0.2) is 19.7 Å². The fourth-order valence-electron chi connectivity index (χ4n) is 2.30. The van der Waals surface area contributed by atoms with Crippen molar-refractivity contribution >= 4 is 11.5 Å². The van der Waals surface area contributed by atoms with Gasteiger partial charge in [0.2, 0.25) is 0 Å². The SMILES string of the molecule is Cc1cc(C)n(-c2cc(Nc3cccc(F)c3)nc(C)n2)n1. The summed E-state index contributed by atoms with van der Waals surface area (Å²) < 4.78 is 15.0. The number of hydrogen-bond acceptors (Lipinski definition) is 4. The number of aromatic nitrogens is 4. The maximum atomic E-state index is 13.3. The van der Waals surface area contributed by atoms with Gasteiger partial charge in [0.05, 0.1) is 5.69 Å². The summed E-state index contributed by atoms with van der Waals surface area (Å²) in [6, 6.07) is 10.0. The van der Waals surface area contributed by atoms with E-state index in [9.17, 15) is 4.39 Å². The van der Waals surface area contributed by atoms with E-state index >= 15 is 0 Å². The summed E-state index contributed by atoms with van der Waals surface area (Å²) in [5.41, 5.74) is 2.55. The molecule has 0 aliphatic rings. The Labute approximate surface area is 127 Å². The topological polar surface area (TPSA) is 55.6 Å². The van der Waals surface area contributed by atoms with Gasteiger partial charge in [-0.2, -0.15) is 5.10 Å². The first-order valence-electron chi connectivity index (χ1n) is 6.93. The van der Waals surface area contributed by atoms with Crippen LogP contribution in [0.1, 0.15) is 17.2 Å². The second-order valence-electron chi connectivity index (χ2n) is 5.13. The highest BCUT2D eigenvalue weighted by molar-refractivity contribution is 5.57. The zero-order valence-electron chi connectivity index (χ0n) is 12.6. The van der Waals surface area contributed by atoms with E-state index in [0.29, 0.717) is 23.1 Å². The molecule has 0 atom stereocenters. The first-order chi connectivity index (χ1) is 10.5. The lowest BCUT2D eigenvalue weighted by Gasteiger charge is -2.09. The minimum absolute atomic E-state index is 0.297. The third-order valence-electron chi connectivity index (χ3n) is 3.15. The number of anilines is 2. The van der Waals surface area contributed by atoms with Gasteiger partial charge in [-0.3, -0.25) is 0 Å². The summed E-state index contributed by atoms with van der Waals surface area (Å²) in [4.78, 5) is 8.75. The number of benzene rings is 1. The van der Waals surface area contributed by atoms with Crippen LogP contribution in [0, 0.1) is 26.6 Å². The van der Waals surface area contributed by atoms with Crippen LogP contribution < -0.4 is 5.32 Å². The average molecular weight is 297 g/mol. The van der Waals surface area contributed by atoms with Gasteiger partial charge >= 0.3 is 0 Å². The smallest absolute Gasteiger partial charge is 0.159 e. The van der Waals surface area contributed by atoms with Crippen molar-refractivity contribution in [2.75, 3.05) is 5.32 Å². The lowest BCUT2D eigenvalue weighted by Crippen LogP contribution is -2.06. The van der Waals surface area contributed by atoms with Gasteiger partial charge < -0.3 is 5.32 Å². The van der Waals surface area contributed by atoms with Crippen LogP contribution in [0.3, 0.4) is 0 Å². The van der Waals surface area contributed by atoms with Crippen molar-refractivity contribution in [1.29, 1.82) is 0 Å². The summed E-state index contributed by atoms with van der Waals surface area (Å²) in [5.74, 6) is 1.59. The molecule has 6 heteroatoms. The number of aryl methyl sites for hydroxylation is 3. The van der Waals surface area contributed by atoms with E-state index in [1.165, 1.54) is 12.1 Å². The Kier molecular flexibility index (Phi) is 3.58. The molecule has 0 fully saturated rings. The molecule has 0 unspecified atom stereocenters. The molecule has 2 aromatic heterocycles. The number of nitrogens with zero attached hydrogens (tertiary/aromatic N) is 4. The summed E-state index contributed by atoms with van der Waals surface area (Å²) in [6.07, 6.45) is 0. The molecule has 0 bridgehead atoms. The largest absolute Gasteiger partial charge is 0.340 e. The van der Waals surface area contributed by atoms with Gasteiger partial charge in [-0.05, 0) is 45.0 Å². The van der Waals surface area contributed by atoms with E-state index in [0.717, 1.165) is 11.4 Å². The molecule has 0 saturated carbocycles. The monoisotopic (exact) mass is 297 g/mol. The van der Waals surface area contributed by atoms with E-state index in [4.69, 9.17) is 0 Å². The number of hydrogen-bond donors (Lipinski definition) is 1. The number of halogens is 1. The van der Waals surface area contributed by atoms with Crippen LogP contribution in [0.25, 0.3) is 5.82 Å². The van der Waals surface area contributed by atoms with Gasteiger partial charge in [-0.15, -0.1) is 0 Å². The minimum Gasteiger partial charge on any atom is -0.340 e. The van der Waals surface area contributed by atoms with E-state index in [1.807, 2.05) is 26.8 Å². The third-order valence-corrected chi connectivity index (χ3v) is 3.15. The fraction of sp³-hybridized carbons (Fsp3) is 0.188.